The van der Waals surface area contributed by atoms with Gasteiger partial charge in [-0.3, -0.25) is 0 Å². The molecule has 1 N–H and O–H groups in total. The summed E-state index contributed by atoms with van der Waals surface area (Å²) in [5.41, 5.74) is 1.17. The molecule has 0 aliphatic carbocycles. The van der Waals surface area contributed by atoms with Gasteiger partial charge in [-0.1, -0.05) is 25.4 Å². The average Bonchev–Trinajstić information content (AvgIpc) is 2.20. The molecule has 0 saturated heterocycles. The second kappa shape index (κ2) is 5.55. The van der Waals surface area contributed by atoms with Crippen LogP contribution in [0.1, 0.15) is 19.4 Å². The molecule has 0 atom stereocenters. The number of halogens is 1. The SMILES string of the molecule is CNCC(C)(C)COc1ccc(Cl)c(C)c1. The fourth-order valence-electron chi connectivity index (χ4n) is 1.52. The molecule has 0 fully saturated rings. The monoisotopic (exact) mass is 241 g/mol. The average molecular weight is 242 g/mol. The summed E-state index contributed by atoms with van der Waals surface area (Å²) < 4.78 is 5.76. The van der Waals surface area contributed by atoms with Crippen LogP contribution in [0.4, 0.5) is 0 Å². The topological polar surface area (TPSA) is 21.3 Å². The van der Waals surface area contributed by atoms with Gasteiger partial charge in [0.1, 0.15) is 5.75 Å². The first kappa shape index (κ1) is 13.3. The van der Waals surface area contributed by atoms with Gasteiger partial charge in [-0.05, 0) is 37.7 Å². The van der Waals surface area contributed by atoms with Crippen LogP contribution in [0.25, 0.3) is 0 Å². The van der Waals surface area contributed by atoms with E-state index in [1.165, 1.54) is 0 Å². The molecule has 2 nitrogen and oxygen atoms in total. The first-order valence-electron chi connectivity index (χ1n) is 5.48. The van der Waals surface area contributed by atoms with Gasteiger partial charge in [0.05, 0.1) is 6.61 Å². The largest absolute Gasteiger partial charge is 0.493 e. The van der Waals surface area contributed by atoms with E-state index in [4.69, 9.17) is 16.3 Å². The zero-order chi connectivity index (χ0) is 12.2. The summed E-state index contributed by atoms with van der Waals surface area (Å²) in [5, 5.41) is 3.94. The van der Waals surface area contributed by atoms with E-state index in [2.05, 4.69) is 19.2 Å². The highest BCUT2D eigenvalue weighted by molar-refractivity contribution is 6.31. The lowest BCUT2D eigenvalue weighted by atomic mass is 9.95. The third kappa shape index (κ3) is 4.03. The number of hydrogen-bond acceptors (Lipinski definition) is 2. The second-order valence-electron chi connectivity index (χ2n) is 4.89. The molecule has 0 amide bonds. The van der Waals surface area contributed by atoms with Crippen molar-refractivity contribution in [3.63, 3.8) is 0 Å². The number of hydrogen-bond donors (Lipinski definition) is 1. The van der Waals surface area contributed by atoms with E-state index >= 15 is 0 Å². The molecule has 16 heavy (non-hydrogen) atoms. The molecule has 0 saturated carbocycles. The zero-order valence-electron chi connectivity index (χ0n) is 10.4. The molecule has 0 aliphatic rings. The first-order valence-corrected chi connectivity index (χ1v) is 5.86. The molecule has 90 valence electrons. The van der Waals surface area contributed by atoms with Crippen LogP contribution in [0.3, 0.4) is 0 Å². The molecule has 0 radical (unpaired) electrons. The molecule has 3 heteroatoms. The Kier molecular flexibility index (Phi) is 4.63. The minimum Gasteiger partial charge on any atom is -0.493 e. The summed E-state index contributed by atoms with van der Waals surface area (Å²) >= 11 is 5.95. The van der Waals surface area contributed by atoms with Crippen molar-refractivity contribution in [2.24, 2.45) is 5.41 Å². The molecule has 0 unspecified atom stereocenters. The lowest BCUT2D eigenvalue weighted by Gasteiger charge is -2.24. The Balaban J connectivity index is 2.57. The second-order valence-corrected chi connectivity index (χ2v) is 5.30. The third-order valence-electron chi connectivity index (χ3n) is 2.41. The molecule has 0 aromatic heterocycles. The number of rotatable bonds is 5. The van der Waals surface area contributed by atoms with E-state index in [1.807, 2.05) is 32.2 Å². The van der Waals surface area contributed by atoms with E-state index < -0.39 is 0 Å². The van der Waals surface area contributed by atoms with Gasteiger partial charge >= 0.3 is 0 Å². The van der Waals surface area contributed by atoms with Crippen LogP contribution < -0.4 is 10.1 Å². The maximum absolute atomic E-state index is 5.95. The van der Waals surface area contributed by atoms with Gasteiger partial charge in [0, 0.05) is 17.0 Å². The smallest absolute Gasteiger partial charge is 0.119 e. The predicted octanol–water partition coefficient (Wildman–Crippen LogP) is 3.27. The van der Waals surface area contributed by atoms with Crippen molar-refractivity contribution < 1.29 is 4.74 Å². The number of benzene rings is 1. The minimum absolute atomic E-state index is 0.127. The maximum atomic E-state index is 5.95. The Bertz CT molecular complexity index is 350. The molecule has 0 heterocycles. The predicted molar refractivity (Wildman–Crippen MR) is 69.4 cm³/mol. The summed E-state index contributed by atoms with van der Waals surface area (Å²) in [5.74, 6) is 0.881. The Hall–Kier alpha value is -0.730. The van der Waals surface area contributed by atoms with Gasteiger partial charge in [-0.15, -0.1) is 0 Å². The fraction of sp³-hybridized carbons (Fsp3) is 0.538. The standard InChI is InChI=1S/C13H20ClNO/c1-10-7-11(5-6-12(10)14)16-9-13(2,3)8-15-4/h5-7,15H,8-9H2,1-4H3. The van der Waals surface area contributed by atoms with Crippen LogP contribution in [0.2, 0.25) is 5.02 Å². The summed E-state index contributed by atoms with van der Waals surface area (Å²) in [6, 6.07) is 5.75. The fourth-order valence-corrected chi connectivity index (χ4v) is 1.63. The lowest BCUT2D eigenvalue weighted by Crippen LogP contribution is -2.32. The van der Waals surface area contributed by atoms with Gasteiger partial charge < -0.3 is 10.1 Å². The number of ether oxygens (including phenoxy) is 1. The molecule has 1 aromatic carbocycles. The van der Waals surface area contributed by atoms with Crippen molar-refractivity contribution >= 4 is 11.6 Å². The van der Waals surface area contributed by atoms with Gasteiger partial charge in [-0.2, -0.15) is 0 Å². The Morgan fingerprint density at radius 2 is 2.06 bits per heavy atom. The maximum Gasteiger partial charge on any atom is 0.119 e. The highest BCUT2D eigenvalue weighted by atomic mass is 35.5. The van der Waals surface area contributed by atoms with Crippen molar-refractivity contribution in [2.75, 3.05) is 20.2 Å². The van der Waals surface area contributed by atoms with E-state index in [1.54, 1.807) is 0 Å². The zero-order valence-corrected chi connectivity index (χ0v) is 11.2. The highest BCUT2D eigenvalue weighted by Crippen LogP contribution is 2.23. The molecule has 1 aromatic rings. The molecule has 0 bridgehead atoms. The first-order chi connectivity index (χ1) is 7.44. The summed E-state index contributed by atoms with van der Waals surface area (Å²) in [6.07, 6.45) is 0. The Morgan fingerprint density at radius 3 is 2.62 bits per heavy atom. The van der Waals surface area contributed by atoms with Crippen molar-refractivity contribution in [3.05, 3.63) is 28.8 Å². The van der Waals surface area contributed by atoms with Crippen molar-refractivity contribution in [2.45, 2.75) is 20.8 Å². The Labute approximate surface area is 103 Å². The quantitative estimate of drug-likeness (QED) is 0.854. The van der Waals surface area contributed by atoms with Crippen LogP contribution in [0.15, 0.2) is 18.2 Å². The highest BCUT2D eigenvalue weighted by Gasteiger charge is 2.17. The molecular weight excluding hydrogens is 222 g/mol. The molecule has 0 spiro atoms. The summed E-state index contributed by atoms with van der Waals surface area (Å²) in [4.78, 5) is 0. The summed E-state index contributed by atoms with van der Waals surface area (Å²) in [6.45, 7) is 7.95. The molecular formula is C13H20ClNO. The van der Waals surface area contributed by atoms with E-state index in [0.717, 1.165) is 22.9 Å². The van der Waals surface area contributed by atoms with Crippen LogP contribution in [0.5, 0.6) is 5.75 Å². The van der Waals surface area contributed by atoms with Crippen LogP contribution >= 0.6 is 11.6 Å². The number of nitrogens with one attached hydrogen (secondary N) is 1. The summed E-state index contributed by atoms with van der Waals surface area (Å²) in [7, 11) is 1.95. The number of aryl methyl sites for hydroxylation is 1. The van der Waals surface area contributed by atoms with Gasteiger partial charge in [-0.25, -0.2) is 0 Å². The van der Waals surface area contributed by atoms with Crippen molar-refractivity contribution in [3.8, 4) is 5.75 Å². The Morgan fingerprint density at radius 1 is 1.38 bits per heavy atom. The minimum atomic E-state index is 0.127. The van der Waals surface area contributed by atoms with Crippen molar-refractivity contribution in [1.82, 2.24) is 5.32 Å². The van der Waals surface area contributed by atoms with Crippen LogP contribution in [-0.2, 0) is 0 Å². The van der Waals surface area contributed by atoms with E-state index in [0.29, 0.717) is 6.61 Å². The van der Waals surface area contributed by atoms with E-state index in [9.17, 15) is 0 Å². The molecule has 0 aliphatic heterocycles. The van der Waals surface area contributed by atoms with Gasteiger partial charge in [0.2, 0.25) is 0 Å². The normalized spacial score (nSPS) is 11.6. The molecule has 1 rings (SSSR count). The lowest BCUT2D eigenvalue weighted by molar-refractivity contribution is 0.179. The van der Waals surface area contributed by atoms with Gasteiger partial charge in [0.15, 0.2) is 0 Å². The van der Waals surface area contributed by atoms with E-state index in [-0.39, 0.29) is 5.41 Å². The van der Waals surface area contributed by atoms with Crippen LogP contribution in [0, 0.1) is 12.3 Å². The van der Waals surface area contributed by atoms with Crippen LogP contribution in [-0.4, -0.2) is 20.2 Å². The van der Waals surface area contributed by atoms with Crippen molar-refractivity contribution in [1.29, 1.82) is 0 Å². The third-order valence-corrected chi connectivity index (χ3v) is 2.84. The van der Waals surface area contributed by atoms with Gasteiger partial charge in [0.25, 0.3) is 0 Å².